The van der Waals surface area contributed by atoms with Crippen molar-refractivity contribution in [2.45, 2.75) is 18.8 Å². The Kier molecular flexibility index (Phi) is 3.00. The normalized spacial score (nSPS) is 20.5. The first-order chi connectivity index (χ1) is 8.43. The molecule has 1 fully saturated rings. The summed E-state index contributed by atoms with van der Waals surface area (Å²) in [6, 6.07) is 1.85. The molecule has 4 nitrogen and oxygen atoms in total. The molecule has 3 rings (SSSR count). The second-order valence-corrected chi connectivity index (χ2v) is 5.13. The number of anilines is 1. The molecule has 1 atom stereocenters. The molecule has 0 spiro atoms. The Hall–Kier alpha value is -1.49. The Balaban J connectivity index is 1.76. The molecule has 0 radical (unpaired) electrons. The van der Waals surface area contributed by atoms with Crippen LogP contribution < -0.4 is 4.90 Å². The maximum atomic E-state index is 4.42. The van der Waals surface area contributed by atoms with Crippen LogP contribution in [0, 0.1) is 0 Å². The van der Waals surface area contributed by atoms with Crippen molar-refractivity contribution in [3.63, 3.8) is 0 Å². The molecule has 1 aliphatic heterocycles. The highest BCUT2D eigenvalue weighted by Crippen LogP contribution is 2.29. The van der Waals surface area contributed by atoms with Gasteiger partial charge in [0.05, 0.1) is 5.01 Å². The molecule has 0 aromatic carbocycles. The van der Waals surface area contributed by atoms with E-state index < -0.39 is 0 Å². The fraction of sp³-hybridized carbons (Fsp3) is 0.417. The molecule has 0 bridgehead atoms. The lowest BCUT2D eigenvalue weighted by molar-refractivity contribution is 0.502. The third-order valence-corrected chi connectivity index (χ3v) is 4.00. The maximum Gasteiger partial charge on any atom is 0.225 e. The SMILES string of the molecule is c1cnc(N2CCC[C@@H](c3nccs3)C2)nc1. The predicted octanol–water partition coefficient (Wildman–Crippen LogP) is 2.32. The molecule has 0 amide bonds. The van der Waals surface area contributed by atoms with E-state index in [1.807, 2.05) is 17.6 Å². The van der Waals surface area contributed by atoms with Gasteiger partial charge < -0.3 is 4.90 Å². The number of rotatable bonds is 2. The zero-order chi connectivity index (χ0) is 11.5. The Bertz CT molecular complexity index is 457. The summed E-state index contributed by atoms with van der Waals surface area (Å²) < 4.78 is 0. The molecule has 2 aromatic heterocycles. The highest BCUT2D eigenvalue weighted by Gasteiger charge is 2.24. The molecule has 3 heterocycles. The van der Waals surface area contributed by atoms with Gasteiger partial charge in [-0.1, -0.05) is 0 Å². The minimum absolute atomic E-state index is 0.535. The van der Waals surface area contributed by atoms with Crippen molar-refractivity contribution in [1.82, 2.24) is 15.0 Å². The van der Waals surface area contributed by atoms with Gasteiger partial charge in [-0.25, -0.2) is 15.0 Å². The number of hydrogen-bond donors (Lipinski definition) is 0. The Morgan fingerprint density at radius 2 is 2.06 bits per heavy atom. The van der Waals surface area contributed by atoms with Crippen molar-refractivity contribution in [2.24, 2.45) is 0 Å². The summed E-state index contributed by atoms with van der Waals surface area (Å²) in [6.07, 6.45) is 7.89. The van der Waals surface area contributed by atoms with E-state index in [1.165, 1.54) is 17.8 Å². The second-order valence-electron chi connectivity index (χ2n) is 4.20. The molecular weight excluding hydrogens is 232 g/mol. The Labute approximate surface area is 104 Å². The molecular formula is C12H14N4S. The minimum atomic E-state index is 0.535. The van der Waals surface area contributed by atoms with Crippen molar-refractivity contribution in [1.29, 1.82) is 0 Å². The maximum absolute atomic E-state index is 4.42. The van der Waals surface area contributed by atoms with Crippen LogP contribution in [0.4, 0.5) is 5.95 Å². The van der Waals surface area contributed by atoms with Crippen LogP contribution >= 0.6 is 11.3 Å². The van der Waals surface area contributed by atoms with Crippen LogP contribution in [-0.2, 0) is 0 Å². The van der Waals surface area contributed by atoms with Gasteiger partial charge in [0.15, 0.2) is 0 Å². The highest BCUT2D eigenvalue weighted by atomic mass is 32.1. The third kappa shape index (κ3) is 2.29. The summed E-state index contributed by atoms with van der Waals surface area (Å²) in [4.78, 5) is 15.3. The molecule has 0 saturated carbocycles. The molecule has 88 valence electrons. The van der Waals surface area contributed by atoms with Crippen LogP contribution in [0.1, 0.15) is 23.8 Å². The average Bonchev–Trinajstić information content (AvgIpc) is 2.94. The molecule has 1 aliphatic rings. The van der Waals surface area contributed by atoms with Gasteiger partial charge in [0.25, 0.3) is 0 Å². The van der Waals surface area contributed by atoms with Gasteiger partial charge in [0, 0.05) is 43.0 Å². The number of thiazole rings is 1. The van der Waals surface area contributed by atoms with Gasteiger partial charge in [-0.2, -0.15) is 0 Å². The van der Waals surface area contributed by atoms with E-state index in [9.17, 15) is 0 Å². The van der Waals surface area contributed by atoms with Crippen molar-refractivity contribution >= 4 is 17.3 Å². The number of nitrogens with zero attached hydrogens (tertiary/aromatic N) is 4. The fourth-order valence-corrected chi connectivity index (χ4v) is 3.02. The molecule has 1 saturated heterocycles. The van der Waals surface area contributed by atoms with Crippen molar-refractivity contribution in [2.75, 3.05) is 18.0 Å². The van der Waals surface area contributed by atoms with Crippen LogP contribution in [0.5, 0.6) is 0 Å². The molecule has 0 aliphatic carbocycles. The van der Waals surface area contributed by atoms with Gasteiger partial charge in [0.1, 0.15) is 0 Å². The van der Waals surface area contributed by atoms with E-state index >= 15 is 0 Å². The lowest BCUT2D eigenvalue weighted by Gasteiger charge is -2.31. The van der Waals surface area contributed by atoms with Gasteiger partial charge in [-0.3, -0.25) is 0 Å². The van der Waals surface area contributed by atoms with E-state index in [2.05, 4.69) is 19.9 Å². The topological polar surface area (TPSA) is 41.9 Å². The van der Waals surface area contributed by atoms with E-state index in [0.717, 1.165) is 19.0 Å². The summed E-state index contributed by atoms with van der Waals surface area (Å²) in [7, 11) is 0. The number of aromatic nitrogens is 3. The van der Waals surface area contributed by atoms with E-state index in [4.69, 9.17) is 0 Å². The van der Waals surface area contributed by atoms with Gasteiger partial charge in [-0.15, -0.1) is 11.3 Å². The van der Waals surface area contributed by atoms with Crippen LogP contribution in [-0.4, -0.2) is 28.0 Å². The molecule has 5 heteroatoms. The van der Waals surface area contributed by atoms with Crippen molar-refractivity contribution in [3.8, 4) is 0 Å². The molecule has 2 aromatic rings. The molecule has 0 unspecified atom stereocenters. The predicted molar refractivity (Wildman–Crippen MR) is 68.3 cm³/mol. The summed E-state index contributed by atoms with van der Waals surface area (Å²) in [5.41, 5.74) is 0. The number of hydrogen-bond acceptors (Lipinski definition) is 5. The van der Waals surface area contributed by atoms with Crippen LogP contribution in [0.25, 0.3) is 0 Å². The Morgan fingerprint density at radius 3 is 2.82 bits per heavy atom. The smallest absolute Gasteiger partial charge is 0.225 e. The van der Waals surface area contributed by atoms with Gasteiger partial charge in [-0.05, 0) is 18.9 Å². The quantitative estimate of drug-likeness (QED) is 0.815. The van der Waals surface area contributed by atoms with Crippen LogP contribution in [0.2, 0.25) is 0 Å². The second kappa shape index (κ2) is 4.79. The first-order valence-corrected chi connectivity index (χ1v) is 6.73. The zero-order valence-corrected chi connectivity index (χ0v) is 10.3. The van der Waals surface area contributed by atoms with Crippen molar-refractivity contribution < 1.29 is 0 Å². The van der Waals surface area contributed by atoms with Gasteiger partial charge >= 0.3 is 0 Å². The van der Waals surface area contributed by atoms with E-state index in [-0.39, 0.29) is 0 Å². The Morgan fingerprint density at radius 1 is 1.18 bits per heavy atom. The average molecular weight is 246 g/mol. The standard InChI is InChI=1S/C12H14N4S/c1-3-10(11-13-6-8-17-11)9-16(7-1)12-14-4-2-5-15-12/h2,4-6,8,10H,1,3,7,9H2/t10-/m1/s1. The van der Waals surface area contributed by atoms with E-state index in [1.54, 1.807) is 23.7 Å². The lowest BCUT2D eigenvalue weighted by atomic mass is 9.99. The molecule has 17 heavy (non-hydrogen) atoms. The first kappa shape index (κ1) is 10.7. The monoisotopic (exact) mass is 246 g/mol. The van der Waals surface area contributed by atoms with Crippen molar-refractivity contribution in [3.05, 3.63) is 35.0 Å². The molecule has 0 N–H and O–H groups in total. The lowest BCUT2D eigenvalue weighted by Crippen LogP contribution is -2.35. The summed E-state index contributed by atoms with van der Waals surface area (Å²) in [5.74, 6) is 1.38. The summed E-state index contributed by atoms with van der Waals surface area (Å²) in [6.45, 7) is 2.03. The zero-order valence-electron chi connectivity index (χ0n) is 9.49. The minimum Gasteiger partial charge on any atom is -0.340 e. The largest absolute Gasteiger partial charge is 0.340 e. The number of piperidine rings is 1. The van der Waals surface area contributed by atoms with Gasteiger partial charge in [0.2, 0.25) is 5.95 Å². The first-order valence-electron chi connectivity index (χ1n) is 5.85. The summed E-state index contributed by atoms with van der Waals surface area (Å²) >= 11 is 1.75. The highest BCUT2D eigenvalue weighted by molar-refractivity contribution is 7.09. The van der Waals surface area contributed by atoms with Crippen LogP contribution in [0.15, 0.2) is 30.0 Å². The van der Waals surface area contributed by atoms with E-state index in [0.29, 0.717) is 5.92 Å². The fourth-order valence-electron chi connectivity index (χ4n) is 2.25. The van der Waals surface area contributed by atoms with Crippen LogP contribution in [0.3, 0.4) is 0 Å². The summed E-state index contributed by atoms with van der Waals surface area (Å²) in [5, 5.41) is 3.29. The third-order valence-electron chi connectivity index (χ3n) is 3.06.